The summed E-state index contributed by atoms with van der Waals surface area (Å²) in [5.74, 6) is 0.680. The fourth-order valence-electron chi connectivity index (χ4n) is 1.82. The van der Waals surface area contributed by atoms with Crippen LogP contribution in [0.4, 0.5) is 5.69 Å². The Labute approximate surface area is 127 Å². The van der Waals surface area contributed by atoms with Gasteiger partial charge in [-0.15, -0.1) is 0 Å². The van der Waals surface area contributed by atoms with Crippen LogP contribution in [0.2, 0.25) is 5.02 Å². The maximum Gasteiger partial charge on any atom is 0.270 e. The molecule has 0 bridgehead atoms. The zero-order chi connectivity index (χ0) is 15.4. The SMILES string of the molecule is CC(N)c1cccc(OCc2ccc([N+](=O)[O-])cc2Cl)c1. The predicted octanol–water partition coefficient (Wildman–Crippen LogP) is 3.85. The highest BCUT2D eigenvalue weighted by Crippen LogP contribution is 2.24. The number of nitrogens with two attached hydrogens (primary N) is 1. The number of ether oxygens (including phenoxy) is 1. The number of rotatable bonds is 5. The zero-order valence-electron chi connectivity index (χ0n) is 11.5. The molecule has 1 unspecified atom stereocenters. The molecule has 2 aromatic carbocycles. The van der Waals surface area contributed by atoms with Crippen molar-refractivity contribution < 1.29 is 9.66 Å². The van der Waals surface area contributed by atoms with Crippen LogP contribution >= 0.6 is 11.6 Å². The van der Waals surface area contributed by atoms with Gasteiger partial charge in [0.2, 0.25) is 0 Å². The van der Waals surface area contributed by atoms with Crippen LogP contribution in [0.15, 0.2) is 42.5 Å². The number of hydrogen-bond acceptors (Lipinski definition) is 4. The van der Waals surface area contributed by atoms with E-state index in [2.05, 4.69) is 0 Å². The summed E-state index contributed by atoms with van der Waals surface area (Å²) in [6.45, 7) is 2.13. The minimum atomic E-state index is -0.484. The van der Waals surface area contributed by atoms with Gasteiger partial charge < -0.3 is 10.5 Å². The molecule has 2 N–H and O–H groups in total. The molecule has 0 saturated heterocycles. The lowest BCUT2D eigenvalue weighted by atomic mass is 10.1. The molecule has 0 radical (unpaired) electrons. The van der Waals surface area contributed by atoms with Crippen molar-refractivity contribution in [3.63, 3.8) is 0 Å². The first-order valence-corrected chi connectivity index (χ1v) is 6.76. The van der Waals surface area contributed by atoms with Gasteiger partial charge in [0.15, 0.2) is 0 Å². The van der Waals surface area contributed by atoms with E-state index in [0.717, 1.165) is 5.56 Å². The van der Waals surface area contributed by atoms with Gasteiger partial charge >= 0.3 is 0 Å². The van der Waals surface area contributed by atoms with Gasteiger partial charge in [0.1, 0.15) is 12.4 Å². The van der Waals surface area contributed by atoms with E-state index in [0.29, 0.717) is 16.3 Å². The Morgan fingerprint density at radius 1 is 1.33 bits per heavy atom. The van der Waals surface area contributed by atoms with Gasteiger partial charge in [0.05, 0.1) is 9.95 Å². The molecule has 6 heteroatoms. The minimum Gasteiger partial charge on any atom is -0.489 e. The van der Waals surface area contributed by atoms with Crippen LogP contribution in [-0.2, 0) is 6.61 Å². The van der Waals surface area contributed by atoms with Crippen LogP contribution in [0.25, 0.3) is 0 Å². The van der Waals surface area contributed by atoms with Crippen molar-refractivity contribution in [3.05, 3.63) is 68.7 Å². The predicted molar refractivity (Wildman–Crippen MR) is 81.5 cm³/mol. The van der Waals surface area contributed by atoms with Gasteiger partial charge in [-0.3, -0.25) is 10.1 Å². The second-order valence-corrected chi connectivity index (χ2v) is 5.09. The summed E-state index contributed by atoms with van der Waals surface area (Å²) >= 11 is 6.02. The number of benzene rings is 2. The summed E-state index contributed by atoms with van der Waals surface area (Å²) in [7, 11) is 0. The molecule has 110 valence electrons. The Morgan fingerprint density at radius 2 is 2.10 bits per heavy atom. The lowest BCUT2D eigenvalue weighted by Crippen LogP contribution is -2.05. The van der Waals surface area contributed by atoms with E-state index in [1.807, 2.05) is 31.2 Å². The fraction of sp³-hybridized carbons (Fsp3) is 0.200. The molecule has 21 heavy (non-hydrogen) atoms. The van der Waals surface area contributed by atoms with Crippen LogP contribution in [0, 0.1) is 10.1 Å². The molecule has 0 spiro atoms. The standard InChI is InChI=1S/C15H15ClN2O3/c1-10(17)11-3-2-4-14(7-11)21-9-12-5-6-13(18(19)20)8-15(12)16/h2-8,10H,9,17H2,1H3. The smallest absolute Gasteiger partial charge is 0.270 e. The van der Waals surface area contributed by atoms with E-state index in [1.54, 1.807) is 6.07 Å². The van der Waals surface area contributed by atoms with Crippen molar-refractivity contribution in [3.8, 4) is 5.75 Å². The Balaban J connectivity index is 2.09. The third-order valence-electron chi connectivity index (χ3n) is 3.03. The molecule has 0 saturated carbocycles. The van der Waals surface area contributed by atoms with Crippen molar-refractivity contribution in [1.29, 1.82) is 0 Å². The molecule has 5 nitrogen and oxygen atoms in total. The Bertz CT molecular complexity index is 659. The molecule has 2 aromatic rings. The molecule has 0 heterocycles. The fourth-order valence-corrected chi connectivity index (χ4v) is 2.04. The Kier molecular flexibility index (Phi) is 4.77. The average Bonchev–Trinajstić information content (AvgIpc) is 2.46. The molecule has 0 aromatic heterocycles. The average molecular weight is 307 g/mol. The van der Waals surface area contributed by atoms with Crippen LogP contribution in [0.1, 0.15) is 24.1 Å². The van der Waals surface area contributed by atoms with Crippen molar-refractivity contribution in [1.82, 2.24) is 0 Å². The van der Waals surface area contributed by atoms with Gasteiger partial charge in [-0.05, 0) is 30.7 Å². The first-order chi connectivity index (χ1) is 9.97. The molecule has 0 aliphatic rings. The van der Waals surface area contributed by atoms with E-state index >= 15 is 0 Å². The molecule has 0 aliphatic heterocycles. The third-order valence-corrected chi connectivity index (χ3v) is 3.38. The van der Waals surface area contributed by atoms with Gasteiger partial charge in [-0.2, -0.15) is 0 Å². The van der Waals surface area contributed by atoms with E-state index < -0.39 is 4.92 Å². The van der Waals surface area contributed by atoms with Crippen LogP contribution < -0.4 is 10.5 Å². The number of non-ortho nitro benzene ring substituents is 1. The second-order valence-electron chi connectivity index (χ2n) is 4.68. The normalized spacial score (nSPS) is 12.0. The maximum absolute atomic E-state index is 10.6. The lowest BCUT2D eigenvalue weighted by molar-refractivity contribution is -0.384. The topological polar surface area (TPSA) is 78.4 Å². The first kappa shape index (κ1) is 15.3. The van der Waals surface area contributed by atoms with Crippen molar-refractivity contribution in [2.24, 2.45) is 5.73 Å². The Morgan fingerprint density at radius 3 is 2.71 bits per heavy atom. The molecule has 2 rings (SSSR count). The largest absolute Gasteiger partial charge is 0.489 e. The van der Waals surface area contributed by atoms with Crippen molar-refractivity contribution in [2.45, 2.75) is 19.6 Å². The highest BCUT2D eigenvalue weighted by Gasteiger charge is 2.10. The number of nitro benzene ring substituents is 1. The quantitative estimate of drug-likeness (QED) is 0.672. The van der Waals surface area contributed by atoms with Crippen molar-refractivity contribution in [2.75, 3.05) is 0 Å². The summed E-state index contributed by atoms with van der Waals surface area (Å²) in [4.78, 5) is 10.2. The molecular formula is C15H15ClN2O3. The van der Waals surface area contributed by atoms with E-state index in [9.17, 15) is 10.1 Å². The number of hydrogen-bond donors (Lipinski definition) is 1. The molecule has 0 amide bonds. The summed E-state index contributed by atoms with van der Waals surface area (Å²) in [5, 5.41) is 11.0. The monoisotopic (exact) mass is 306 g/mol. The lowest BCUT2D eigenvalue weighted by Gasteiger charge is -2.10. The molecule has 0 fully saturated rings. The third kappa shape index (κ3) is 3.93. The summed E-state index contributed by atoms with van der Waals surface area (Å²) < 4.78 is 5.65. The Hall–Kier alpha value is -2.11. The number of halogens is 1. The first-order valence-electron chi connectivity index (χ1n) is 6.38. The van der Waals surface area contributed by atoms with E-state index in [4.69, 9.17) is 22.1 Å². The van der Waals surface area contributed by atoms with E-state index in [1.165, 1.54) is 12.1 Å². The molecule has 0 aliphatic carbocycles. The van der Waals surface area contributed by atoms with Gasteiger partial charge in [0, 0.05) is 23.7 Å². The molecular weight excluding hydrogens is 292 g/mol. The van der Waals surface area contributed by atoms with E-state index in [-0.39, 0.29) is 18.3 Å². The highest BCUT2D eigenvalue weighted by molar-refractivity contribution is 6.31. The highest BCUT2D eigenvalue weighted by atomic mass is 35.5. The second kappa shape index (κ2) is 6.56. The summed E-state index contributed by atoms with van der Waals surface area (Å²) in [6, 6.07) is 11.7. The summed E-state index contributed by atoms with van der Waals surface area (Å²) in [6.07, 6.45) is 0. The number of nitro groups is 1. The maximum atomic E-state index is 10.6. The van der Waals surface area contributed by atoms with Gasteiger partial charge in [-0.1, -0.05) is 23.7 Å². The van der Waals surface area contributed by atoms with Gasteiger partial charge in [0.25, 0.3) is 5.69 Å². The number of nitrogens with zero attached hydrogens (tertiary/aromatic N) is 1. The van der Waals surface area contributed by atoms with Crippen LogP contribution in [0.3, 0.4) is 0 Å². The van der Waals surface area contributed by atoms with Crippen LogP contribution in [0.5, 0.6) is 5.75 Å². The molecule has 1 atom stereocenters. The van der Waals surface area contributed by atoms with Gasteiger partial charge in [-0.25, -0.2) is 0 Å². The zero-order valence-corrected chi connectivity index (χ0v) is 12.2. The summed E-state index contributed by atoms with van der Waals surface area (Å²) in [5.41, 5.74) is 7.44. The minimum absolute atomic E-state index is 0.0392. The van der Waals surface area contributed by atoms with Crippen molar-refractivity contribution >= 4 is 17.3 Å². The van der Waals surface area contributed by atoms with Crippen LogP contribution in [-0.4, -0.2) is 4.92 Å².